The molecule has 1 N–H and O–H groups in total. The third-order valence-corrected chi connectivity index (χ3v) is 7.19. The van der Waals surface area contributed by atoms with Gasteiger partial charge in [0.15, 0.2) is 0 Å². The van der Waals surface area contributed by atoms with Crippen LogP contribution in [0.3, 0.4) is 0 Å². The molecule has 1 atom stereocenters. The minimum Gasteiger partial charge on any atom is -0.444 e. The largest absolute Gasteiger partial charge is 0.494 e. The monoisotopic (exact) mass is 463 g/mol. The lowest BCUT2D eigenvalue weighted by atomic mass is 9.79. The molecule has 1 aliphatic carbocycles. The van der Waals surface area contributed by atoms with Gasteiger partial charge in [-0.2, -0.15) is 0 Å². The Morgan fingerprint density at radius 2 is 1.50 bits per heavy atom. The number of carbonyl (C=O) groups excluding carboxylic acids is 2. The Hall–Kier alpha value is -2.64. The van der Waals surface area contributed by atoms with E-state index in [0.29, 0.717) is 11.1 Å². The van der Waals surface area contributed by atoms with Gasteiger partial charge in [0.1, 0.15) is 0 Å². The highest BCUT2D eigenvalue weighted by molar-refractivity contribution is 6.62. The zero-order chi connectivity index (χ0) is 24.3. The second kappa shape index (κ2) is 9.92. The summed E-state index contributed by atoms with van der Waals surface area (Å²) in [4.78, 5) is 26.1. The predicted molar refractivity (Wildman–Crippen MR) is 132 cm³/mol. The van der Waals surface area contributed by atoms with Crippen LogP contribution < -0.4 is 10.8 Å². The maximum Gasteiger partial charge on any atom is 0.494 e. The van der Waals surface area contributed by atoms with Gasteiger partial charge >= 0.3 is 13.1 Å². The Bertz CT molecular complexity index is 983. The topological polar surface area (TPSA) is 73.9 Å². The first-order valence-electron chi connectivity index (χ1n) is 12.2. The van der Waals surface area contributed by atoms with Crippen molar-refractivity contribution in [1.82, 2.24) is 5.32 Å². The summed E-state index contributed by atoms with van der Waals surface area (Å²) < 4.78 is 17.9. The summed E-state index contributed by atoms with van der Waals surface area (Å²) >= 11 is 0. The molecular formula is C27H34BNO5. The van der Waals surface area contributed by atoms with Gasteiger partial charge in [0.05, 0.1) is 16.8 Å². The molecule has 2 fully saturated rings. The summed E-state index contributed by atoms with van der Waals surface area (Å²) in [5.41, 5.74) is 0.961. The quantitative estimate of drug-likeness (QED) is 0.510. The normalized spacial score (nSPS) is 20.5. The molecule has 0 aromatic heterocycles. The van der Waals surface area contributed by atoms with Gasteiger partial charge in [0, 0.05) is 11.6 Å². The number of amides is 1. The molecule has 1 amide bonds. The molecular weight excluding hydrogens is 429 g/mol. The Balaban J connectivity index is 1.46. The lowest BCUT2D eigenvalue weighted by Crippen LogP contribution is -2.41. The van der Waals surface area contributed by atoms with Gasteiger partial charge in [-0.05, 0) is 58.1 Å². The third kappa shape index (κ3) is 5.36. The molecule has 2 aromatic carbocycles. The molecule has 1 aliphatic heterocycles. The highest BCUT2D eigenvalue weighted by atomic mass is 16.7. The smallest absolute Gasteiger partial charge is 0.444 e. The van der Waals surface area contributed by atoms with E-state index < -0.39 is 30.4 Å². The van der Waals surface area contributed by atoms with Crippen molar-refractivity contribution in [3.8, 4) is 0 Å². The van der Waals surface area contributed by atoms with Crippen molar-refractivity contribution < 1.29 is 23.6 Å². The summed E-state index contributed by atoms with van der Waals surface area (Å²) in [7, 11) is -0.506. The fraction of sp³-hybridized carbons (Fsp3) is 0.481. The average molecular weight is 463 g/mol. The second-order valence-corrected chi connectivity index (χ2v) is 10.2. The van der Waals surface area contributed by atoms with Crippen LogP contribution in [0.15, 0.2) is 54.6 Å². The lowest BCUT2D eigenvalue weighted by Gasteiger charge is -2.32. The van der Waals surface area contributed by atoms with Crippen LogP contribution in [0.25, 0.3) is 0 Å². The van der Waals surface area contributed by atoms with E-state index in [-0.39, 0.29) is 11.9 Å². The van der Waals surface area contributed by atoms with Crippen molar-refractivity contribution in [2.24, 2.45) is 0 Å². The van der Waals surface area contributed by atoms with E-state index in [9.17, 15) is 9.59 Å². The number of carbonyl (C=O) groups is 2. The van der Waals surface area contributed by atoms with Crippen LogP contribution in [0.5, 0.6) is 0 Å². The Morgan fingerprint density at radius 3 is 2.09 bits per heavy atom. The maximum atomic E-state index is 13.1. The van der Waals surface area contributed by atoms with Crippen LogP contribution in [-0.2, 0) is 18.8 Å². The van der Waals surface area contributed by atoms with Crippen LogP contribution in [0.2, 0.25) is 0 Å². The van der Waals surface area contributed by atoms with Crippen molar-refractivity contribution >= 4 is 24.5 Å². The zero-order valence-corrected chi connectivity index (χ0v) is 20.5. The molecule has 1 heterocycles. The first-order valence-corrected chi connectivity index (χ1v) is 12.2. The maximum absolute atomic E-state index is 13.1. The van der Waals surface area contributed by atoms with Gasteiger partial charge in [-0.1, -0.05) is 61.7 Å². The summed E-state index contributed by atoms with van der Waals surface area (Å²) in [6.45, 7) is 8.00. The number of rotatable bonds is 6. The minimum atomic E-state index is -1.00. The molecule has 2 aromatic rings. The summed E-state index contributed by atoms with van der Waals surface area (Å²) in [5.74, 6) is -0.826. The molecule has 2 aliphatic rings. The van der Waals surface area contributed by atoms with E-state index in [2.05, 4.69) is 5.32 Å². The third-order valence-electron chi connectivity index (χ3n) is 7.19. The van der Waals surface area contributed by atoms with Crippen LogP contribution in [0, 0.1) is 0 Å². The van der Waals surface area contributed by atoms with Crippen molar-refractivity contribution in [2.45, 2.75) is 83.1 Å². The minimum absolute atomic E-state index is 0.130. The molecule has 4 rings (SSSR count). The van der Waals surface area contributed by atoms with Gasteiger partial charge in [0.25, 0.3) is 5.91 Å². The van der Waals surface area contributed by atoms with E-state index in [0.717, 1.165) is 31.1 Å². The van der Waals surface area contributed by atoms with E-state index in [1.807, 2.05) is 45.9 Å². The fourth-order valence-corrected chi connectivity index (χ4v) is 4.36. The average Bonchev–Trinajstić information content (AvgIpc) is 3.05. The predicted octanol–water partition coefficient (Wildman–Crippen LogP) is 4.33. The lowest BCUT2D eigenvalue weighted by molar-refractivity contribution is -0.131. The van der Waals surface area contributed by atoms with E-state index in [1.165, 1.54) is 6.42 Å². The molecule has 6 nitrogen and oxygen atoms in total. The van der Waals surface area contributed by atoms with Gasteiger partial charge in [-0.15, -0.1) is 0 Å². The number of esters is 1. The van der Waals surface area contributed by atoms with Crippen molar-refractivity contribution in [2.75, 3.05) is 0 Å². The van der Waals surface area contributed by atoms with Crippen molar-refractivity contribution in [3.05, 3.63) is 65.7 Å². The van der Waals surface area contributed by atoms with Gasteiger partial charge in [-0.25, -0.2) is 4.79 Å². The number of ether oxygens (including phenoxy) is 1. The van der Waals surface area contributed by atoms with E-state index in [4.69, 9.17) is 14.0 Å². The molecule has 1 unspecified atom stereocenters. The van der Waals surface area contributed by atoms with E-state index in [1.54, 1.807) is 36.4 Å². The number of hydrogen-bond donors (Lipinski definition) is 1. The molecule has 7 heteroatoms. The van der Waals surface area contributed by atoms with Gasteiger partial charge in [-0.3, -0.25) is 4.79 Å². The Labute approximate surface area is 202 Å². The fourth-order valence-electron chi connectivity index (χ4n) is 4.36. The highest BCUT2D eigenvalue weighted by Crippen LogP contribution is 2.36. The molecule has 34 heavy (non-hydrogen) atoms. The molecule has 180 valence electrons. The molecule has 0 spiro atoms. The van der Waals surface area contributed by atoms with Crippen LogP contribution in [-0.4, -0.2) is 36.2 Å². The first-order chi connectivity index (χ1) is 16.2. The van der Waals surface area contributed by atoms with Crippen molar-refractivity contribution in [3.63, 3.8) is 0 Å². The second-order valence-electron chi connectivity index (χ2n) is 10.2. The van der Waals surface area contributed by atoms with Crippen molar-refractivity contribution in [1.29, 1.82) is 0 Å². The van der Waals surface area contributed by atoms with Gasteiger partial charge < -0.3 is 19.4 Å². The Kier molecular flexibility index (Phi) is 7.15. The summed E-state index contributed by atoms with van der Waals surface area (Å²) in [6.07, 6.45) is 4.33. The molecule has 1 saturated carbocycles. The van der Waals surface area contributed by atoms with E-state index >= 15 is 0 Å². The van der Waals surface area contributed by atoms with Crippen LogP contribution in [0.4, 0.5) is 0 Å². The molecule has 0 bridgehead atoms. The molecule has 0 radical (unpaired) electrons. The highest BCUT2D eigenvalue weighted by Gasteiger charge is 2.51. The summed E-state index contributed by atoms with van der Waals surface area (Å²) in [5, 5.41) is 3.09. The van der Waals surface area contributed by atoms with Crippen LogP contribution >= 0.6 is 0 Å². The number of benzene rings is 2. The number of hydrogen-bond acceptors (Lipinski definition) is 5. The standard InChI is InChI=1S/C27H34BNO5/c1-26(2)27(3,4)34-28(33-26)21-17-15-20(16-18-21)25(31)32-23(19-11-7-5-8-12-19)24(30)29-22-13-9-6-10-14-22/h5,7-8,11-12,15-18,22-23H,6,9-10,13-14H2,1-4H3,(H,29,30). The van der Waals surface area contributed by atoms with Gasteiger partial charge in [0.2, 0.25) is 6.10 Å². The summed E-state index contributed by atoms with van der Waals surface area (Å²) in [6, 6.07) is 16.3. The van der Waals surface area contributed by atoms with Crippen LogP contribution in [0.1, 0.15) is 81.8 Å². The zero-order valence-electron chi connectivity index (χ0n) is 20.5. The first kappa shape index (κ1) is 24.5. The number of nitrogens with one attached hydrogen (secondary N) is 1. The SMILES string of the molecule is CC1(C)OB(c2ccc(C(=O)OC(C(=O)NC3CCCCC3)c3ccccc3)cc2)OC1(C)C. The Morgan fingerprint density at radius 1 is 0.912 bits per heavy atom. The molecule has 1 saturated heterocycles.